The molecule has 0 fully saturated rings. The van der Waals surface area contributed by atoms with Gasteiger partial charge in [0.1, 0.15) is 0 Å². The van der Waals surface area contributed by atoms with Crippen LogP contribution in [-0.4, -0.2) is 27.8 Å². The maximum atomic E-state index is 11.9. The molecular weight excluding hydrogens is 210 g/mol. The van der Waals surface area contributed by atoms with E-state index in [4.69, 9.17) is 0 Å². The lowest BCUT2D eigenvalue weighted by Gasteiger charge is -2.14. The highest BCUT2D eigenvalue weighted by Crippen LogP contribution is 2.20. The van der Waals surface area contributed by atoms with Crippen molar-refractivity contribution in [3.8, 4) is 0 Å². The normalized spacial score (nSPS) is 11.8. The summed E-state index contributed by atoms with van der Waals surface area (Å²) in [6.07, 6.45) is 0. The van der Waals surface area contributed by atoms with E-state index in [1.165, 1.54) is 0 Å². The molecule has 0 amide bonds. The van der Waals surface area contributed by atoms with Crippen LogP contribution in [0.2, 0.25) is 0 Å². The zero-order valence-electron chi connectivity index (χ0n) is 9.56. The number of anilines is 1. The summed E-state index contributed by atoms with van der Waals surface area (Å²) < 4.78 is 23.8. The van der Waals surface area contributed by atoms with Crippen LogP contribution in [0.1, 0.15) is 13.8 Å². The van der Waals surface area contributed by atoms with Crippen LogP contribution in [0.5, 0.6) is 0 Å². The van der Waals surface area contributed by atoms with Gasteiger partial charge in [-0.2, -0.15) is 0 Å². The lowest BCUT2D eigenvalue weighted by atomic mass is 10.3. The molecule has 1 rings (SSSR count). The van der Waals surface area contributed by atoms with Gasteiger partial charge >= 0.3 is 0 Å². The molecule has 0 aromatic heterocycles. The van der Waals surface area contributed by atoms with Gasteiger partial charge in [0.05, 0.1) is 10.1 Å². The molecule has 0 unspecified atom stereocenters. The maximum absolute atomic E-state index is 11.9. The third-order valence-electron chi connectivity index (χ3n) is 2.28. The Kier molecular flexibility index (Phi) is 3.39. The van der Waals surface area contributed by atoms with Crippen molar-refractivity contribution in [3.05, 3.63) is 24.3 Å². The van der Waals surface area contributed by atoms with Crippen LogP contribution in [-0.2, 0) is 9.84 Å². The van der Waals surface area contributed by atoms with Crippen LogP contribution < -0.4 is 4.90 Å². The van der Waals surface area contributed by atoms with Gasteiger partial charge in [-0.3, -0.25) is 0 Å². The summed E-state index contributed by atoms with van der Waals surface area (Å²) in [6.45, 7) is 3.38. The molecule has 4 heteroatoms. The summed E-state index contributed by atoms with van der Waals surface area (Å²) >= 11 is 0. The molecule has 3 nitrogen and oxygen atoms in total. The number of hydrogen-bond acceptors (Lipinski definition) is 3. The first-order chi connectivity index (χ1) is 6.85. The predicted octanol–water partition coefficient (Wildman–Crippen LogP) is 1.93. The molecule has 15 heavy (non-hydrogen) atoms. The van der Waals surface area contributed by atoms with Crippen molar-refractivity contribution in [2.45, 2.75) is 24.0 Å². The number of rotatable bonds is 3. The van der Waals surface area contributed by atoms with E-state index in [1.807, 2.05) is 25.1 Å². The second kappa shape index (κ2) is 4.23. The van der Waals surface area contributed by atoms with Crippen molar-refractivity contribution in [3.63, 3.8) is 0 Å². The molecule has 0 saturated heterocycles. The molecule has 0 aliphatic carbocycles. The fraction of sp³-hybridized carbons (Fsp3) is 0.455. The maximum Gasteiger partial charge on any atom is 0.180 e. The third kappa shape index (κ3) is 2.50. The van der Waals surface area contributed by atoms with Crippen molar-refractivity contribution in [2.75, 3.05) is 19.0 Å². The summed E-state index contributed by atoms with van der Waals surface area (Å²) in [5.74, 6) is 0. The largest absolute Gasteiger partial charge is 0.378 e. The van der Waals surface area contributed by atoms with Crippen LogP contribution in [0.25, 0.3) is 0 Å². The molecule has 0 aliphatic heterocycles. The van der Waals surface area contributed by atoms with Crippen LogP contribution in [0, 0.1) is 0 Å². The Labute approximate surface area is 91.6 Å². The Morgan fingerprint density at radius 1 is 1.20 bits per heavy atom. The highest BCUT2D eigenvalue weighted by atomic mass is 32.2. The summed E-state index contributed by atoms with van der Waals surface area (Å²) in [7, 11) is 0.620. The molecule has 1 aromatic carbocycles. The second-order valence-corrected chi connectivity index (χ2v) is 6.49. The van der Waals surface area contributed by atoms with E-state index >= 15 is 0 Å². The second-order valence-electron chi connectivity index (χ2n) is 3.99. The quantitative estimate of drug-likeness (QED) is 0.792. The van der Waals surface area contributed by atoms with E-state index in [2.05, 4.69) is 0 Å². The van der Waals surface area contributed by atoms with E-state index in [9.17, 15) is 8.42 Å². The minimum atomic E-state index is -3.16. The van der Waals surface area contributed by atoms with E-state index < -0.39 is 9.84 Å². The highest BCUT2D eigenvalue weighted by molar-refractivity contribution is 7.92. The van der Waals surface area contributed by atoms with E-state index in [1.54, 1.807) is 32.0 Å². The first kappa shape index (κ1) is 12.0. The Balaban J connectivity index is 3.23. The Morgan fingerprint density at radius 2 is 1.80 bits per heavy atom. The fourth-order valence-corrected chi connectivity index (χ4v) is 2.31. The van der Waals surface area contributed by atoms with Crippen LogP contribution >= 0.6 is 0 Å². The van der Waals surface area contributed by atoms with Gasteiger partial charge in [-0.1, -0.05) is 6.07 Å². The van der Waals surface area contributed by atoms with E-state index in [0.717, 1.165) is 5.69 Å². The van der Waals surface area contributed by atoms with Crippen molar-refractivity contribution < 1.29 is 8.42 Å². The van der Waals surface area contributed by atoms with Crippen molar-refractivity contribution in [2.24, 2.45) is 0 Å². The van der Waals surface area contributed by atoms with Gasteiger partial charge in [0.15, 0.2) is 9.84 Å². The topological polar surface area (TPSA) is 37.4 Å². The van der Waals surface area contributed by atoms with Gasteiger partial charge in [0, 0.05) is 19.8 Å². The summed E-state index contributed by atoms with van der Waals surface area (Å²) in [5.41, 5.74) is 0.900. The van der Waals surface area contributed by atoms with E-state index in [0.29, 0.717) is 4.90 Å². The highest BCUT2D eigenvalue weighted by Gasteiger charge is 2.19. The SMILES string of the molecule is CC(C)S(=O)(=O)c1cccc(N(C)C)c1. The van der Waals surface area contributed by atoms with E-state index in [-0.39, 0.29) is 5.25 Å². The number of hydrogen-bond donors (Lipinski definition) is 0. The number of benzene rings is 1. The van der Waals surface area contributed by atoms with Crippen LogP contribution in [0.15, 0.2) is 29.2 Å². The van der Waals surface area contributed by atoms with Gasteiger partial charge in [-0.15, -0.1) is 0 Å². The van der Waals surface area contributed by atoms with Gasteiger partial charge in [0.2, 0.25) is 0 Å². The van der Waals surface area contributed by atoms with Gasteiger partial charge in [-0.25, -0.2) is 8.42 Å². The fourth-order valence-electron chi connectivity index (χ4n) is 1.21. The Morgan fingerprint density at radius 3 is 2.27 bits per heavy atom. The molecule has 1 aromatic rings. The summed E-state index contributed by atoms with van der Waals surface area (Å²) in [4.78, 5) is 2.28. The van der Waals surface area contributed by atoms with Crippen molar-refractivity contribution >= 4 is 15.5 Å². The number of nitrogens with zero attached hydrogens (tertiary/aromatic N) is 1. The smallest absolute Gasteiger partial charge is 0.180 e. The van der Waals surface area contributed by atoms with Gasteiger partial charge in [0.25, 0.3) is 0 Å². The predicted molar refractivity (Wildman–Crippen MR) is 63.1 cm³/mol. The van der Waals surface area contributed by atoms with Gasteiger partial charge < -0.3 is 4.90 Å². The van der Waals surface area contributed by atoms with Gasteiger partial charge in [-0.05, 0) is 32.0 Å². The monoisotopic (exact) mass is 227 g/mol. The molecule has 84 valence electrons. The zero-order chi connectivity index (χ0) is 11.6. The molecule has 0 N–H and O–H groups in total. The van der Waals surface area contributed by atoms with Crippen LogP contribution in [0.4, 0.5) is 5.69 Å². The molecule has 0 aliphatic rings. The number of sulfone groups is 1. The first-order valence-electron chi connectivity index (χ1n) is 4.87. The summed E-state index contributed by atoms with van der Waals surface area (Å²) in [6, 6.07) is 7.00. The molecule has 0 radical (unpaired) electrons. The molecule has 0 heterocycles. The third-order valence-corrected chi connectivity index (χ3v) is 4.44. The lowest BCUT2D eigenvalue weighted by Crippen LogP contribution is -2.15. The molecule has 0 saturated carbocycles. The Hall–Kier alpha value is -1.03. The molecule has 0 bridgehead atoms. The van der Waals surface area contributed by atoms with Crippen molar-refractivity contribution in [1.82, 2.24) is 0 Å². The molecule has 0 atom stereocenters. The zero-order valence-corrected chi connectivity index (χ0v) is 10.4. The lowest BCUT2D eigenvalue weighted by molar-refractivity contribution is 0.587. The van der Waals surface area contributed by atoms with Crippen molar-refractivity contribution in [1.29, 1.82) is 0 Å². The minimum Gasteiger partial charge on any atom is -0.378 e. The standard InChI is InChI=1S/C11H17NO2S/c1-9(2)15(13,14)11-7-5-6-10(8-11)12(3)4/h5-9H,1-4H3. The average molecular weight is 227 g/mol. The Bertz CT molecular complexity index is 436. The minimum absolute atomic E-state index is 0.380. The van der Waals surface area contributed by atoms with Crippen LogP contribution in [0.3, 0.4) is 0 Å². The average Bonchev–Trinajstić information content (AvgIpc) is 2.17. The molecular formula is C11H17NO2S. The first-order valence-corrected chi connectivity index (χ1v) is 6.41. The molecule has 0 spiro atoms. The summed E-state index contributed by atoms with van der Waals surface area (Å²) in [5, 5.41) is -0.380.